The largest absolute Gasteiger partial charge is 0.376 e. The molecule has 2 aliphatic rings. The number of hydrogen-bond acceptors (Lipinski definition) is 5. The molecule has 0 amide bonds. The van der Waals surface area contributed by atoms with Gasteiger partial charge in [0, 0.05) is 25.1 Å². The van der Waals surface area contributed by atoms with Crippen LogP contribution in [0, 0.1) is 0 Å². The second kappa shape index (κ2) is 9.31. The summed E-state index contributed by atoms with van der Waals surface area (Å²) in [5, 5.41) is 2.10. The van der Waals surface area contributed by atoms with Crippen molar-refractivity contribution in [2.45, 2.75) is 43.2 Å². The lowest BCUT2D eigenvalue weighted by Gasteiger charge is -2.16. The normalized spacial score (nSPS) is 20.2. The Morgan fingerprint density at radius 1 is 1.00 bits per heavy atom. The third-order valence-electron chi connectivity index (χ3n) is 6.04. The Balaban J connectivity index is 1.50. The topological polar surface area (TPSA) is 63.9 Å². The predicted molar refractivity (Wildman–Crippen MR) is 126 cm³/mol. The molecule has 3 aromatic rings. The van der Waals surface area contributed by atoms with Gasteiger partial charge in [0.05, 0.1) is 28.9 Å². The molecule has 5 rings (SSSR count). The molecule has 0 aliphatic carbocycles. The third-order valence-corrected chi connectivity index (χ3v) is 8.82. The molecule has 32 heavy (non-hydrogen) atoms. The van der Waals surface area contributed by atoms with Gasteiger partial charge in [0.2, 0.25) is 10.0 Å². The lowest BCUT2D eigenvalue weighted by Crippen LogP contribution is -2.27. The zero-order valence-corrected chi connectivity index (χ0v) is 19.5. The van der Waals surface area contributed by atoms with Crippen molar-refractivity contribution in [3.63, 3.8) is 0 Å². The maximum Gasteiger partial charge on any atom is 0.243 e. The van der Waals surface area contributed by atoms with Crippen LogP contribution in [0.1, 0.15) is 25.7 Å². The summed E-state index contributed by atoms with van der Waals surface area (Å²) in [5.74, 6) is 0. The van der Waals surface area contributed by atoms with E-state index in [4.69, 9.17) is 9.73 Å². The fourth-order valence-electron chi connectivity index (χ4n) is 4.31. The summed E-state index contributed by atoms with van der Waals surface area (Å²) >= 11 is 1.59. The maximum absolute atomic E-state index is 12.9. The van der Waals surface area contributed by atoms with Gasteiger partial charge >= 0.3 is 0 Å². The van der Waals surface area contributed by atoms with Crippen LogP contribution in [0.5, 0.6) is 0 Å². The molecule has 8 heteroatoms. The van der Waals surface area contributed by atoms with E-state index < -0.39 is 10.0 Å². The third kappa shape index (κ3) is 4.45. The highest BCUT2D eigenvalue weighted by Gasteiger charge is 2.27. The summed E-state index contributed by atoms with van der Waals surface area (Å²) in [4.78, 5) is 6.13. The van der Waals surface area contributed by atoms with Crippen molar-refractivity contribution in [1.29, 1.82) is 0 Å². The van der Waals surface area contributed by atoms with Crippen LogP contribution in [0.15, 0.2) is 69.9 Å². The first-order chi connectivity index (χ1) is 15.6. The molecule has 1 aromatic heterocycles. The summed E-state index contributed by atoms with van der Waals surface area (Å²) in [6, 6.07) is 17.2. The number of rotatable bonds is 6. The van der Waals surface area contributed by atoms with E-state index in [1.54, 1.807) is 27.8 Å². The van der Waals surface area contributed by atoms with Crippen LogP contribution in [0.3, 0.4) is 0 Å². The Morgan fingerprint density at radius 3 is 2.44 bits per heavy atom. The van der Waals surface area contributed by atoms with E-state index in [0.29, 0.717) is 18.0 Å². The monoisotopic (exact) mass is 469 g/mol. The number of thiazole rings is 1. The first-order valence-corrected chi connectivity index (χ1v) is 13.4. The molecule has 0 spiro atoms. The van der Waals surface area contributed by atoms with Crippen molar-refractivity contribution < 1.29 is 13.2 Å². The van der Waals surface area contributed by atoms with Crippen molar-refractivity contribution in [3.05, 3.63) is 64.8 Å². The van der Waals surface area contributed by atoms with Gasteiger partial charge in [0.1, 0.15) is 0 Å². The minimum atomic E-state index is -3.41. The van der Waals surface area contributed by atoms with E-state index in [2.05, 4.69) is 9.95 Å². The van der Waals surface area contributed by atoms with Gasteiger partial charge in [0.25, 0.3) is 0 Å². The van der Waals surface area contributed by atoms with Crippen LogP contribution in [0.25, 0.3) is 11.3 Å². The van der Waals surface area contributed by atoms with E-state index in [9.17, 15) is 8.42 Å². The van der Waals surface area contributed by atoms with Crippen LogP contribution in [-0.4, -0.2) is 43.1 Å². The number of ether oxygens (including phenoxy) is 1. The molecule has 168 valence electrons. The van der Waals surface area contributed by atoms with Crippen molar-refractivity contribution in [2.75, 3.05) is 19.7 Å². The van der Waals surface area contributed by atoms with Gasteiger partial charge in [-0.05, 0) is 55.5 Å². The van der Waals surface area contributed by atoms with E-state index in [1.807, 2.05) is 42.5 Å². The van der Waals surface area contributed by atoms with Crippen LogP contribution >= 0.6 is 11.3 Å². The first kappa shape index (κ1) is 21.6. The average molecular weight is 470 g/mol. The quantitative estimate of drug-likeness (QED) is 0.537. The molecule has 6 nitrogen and oxygen atoms in total. The zero-order valence-electron chi connectivity index (χ0n) is 17.9. The first-order valence-electron chi connectivity index (χ1n) is 11.1. The van der Waals surface area contributed by atoms with Gasteiger partial charge < -0.3 is 9.30 Å². The summed E-state index contributed by atoms with van der Waals surface area (Å²) in [5.41, 5.74) is 2.92. The standard InChI is InChI=1S/C24H27N3O3S2/c28-32(29,26-14-4-5-15-26)22-12-10-19(11-13-22)23-18-31-24(25-20-7-2-1-3-8-20)27(23)17-21-9-6-16-30-21/h1-3,7-8,10-13,18,21H,4-6,9,14-17H2/t21-/m0/s1. The molecule has 0 unspecified atom stereocenters. The van der Waals surface area contributed by atoms with Crippen molar-refractivity contribution in [3.8, 4) is 11.3 Å². The Kier molecular flexibility index (Phi) is 6.28. The highest BCUT2D eigenvalue weighted by molar-refractivity contribution is 7.89. The number of aromatic nitrogens is 1. The molecule has 0 N–H and O–H groups in total. The number of benzene rings is 2. The lowest BCUT2D eigenvalue weighted by atomic mass is 10.1. The number of nitrogens with zero attached hydrogens (tertiary/aromatic N) is 3. The van der Waals surface area contributed by atoms with Crippen LogP contribution in [0.4, 0.5) is 5.69 Å². The minimum absolute atomic E-state index is 0.174. The van der Waals surface area contributed by atoms with E-state index in [1.165, 1.54) is 0 Å². The number of sulfonamides is 1. The molecule has 3 heterocycles. The van der Waals surface area contributed by atoms with Gasteiger partial charge in [-0.2, -0.15) is 4.31 Å². The molecule has 0 saturated carbocycles. The fourth-order valence-corrected chi connectivity index (χ4v) is 6.76. The fraction of sp³-hybridized carbons (Fsp3) is 0.375. The second-order valence-corrected chi connectivity index (χ2v) is 11.0. The summed E-state index contributed by atoms with van der Waals surface area (Å²) in [6.07, 6.45) is 4.17. The Labute approximate surface area is 192 Å². The summed E-state index contributed by atoms with van der Waals surface area (Å²) in [6.45, 7) is 2.76. The Bertz CT molecular complexity index is 1220. The van der Waals surface area contributed by atoms with E-state index in [0.717, 1.165) is 60.6 Å². The highest BCUT2D eigenvalue weighted by Crippen LogP contribution is 2.27. The molecular weight excluding hydrogens is 442 g/mol. The van der Waals surface area contributed by atoms with Crippen LogP contribution in [-0.2, 0) is 21.3 Å². The number of hydrogen-bond donors (Lipinski definition) is 0. The number of para-hydroxylation sites is 1. The van der Waals surface area contributed by atoms with Gasteiger partial charge in [-0.15, -0.1) is 11.3 Å². The van der Waals surface area contributed by atoms with E-state index >= 15 is 0 Å². The van der Waals surface area contributed by atoms with Gasteiger partial charge in [-0.3, -0.25) is 0 Å². The zero-order chi connectivity index (χ0) is 22.0. The molecule has 2 fully saturated rings. The molecule has 0 bridgehead atoms. The average Bonchev–Trinajstić information content (AvgIpc) is 3.59. The van der Waals surface area contributed by atoms with Gasteiger partial charge in [0.15, 0.2) is 4.80 Å². The van der Waals surface area contributed by atoms with Gasteiger partial charge in [-0.25, -0.2) is 13.4 Å². The minimum Gasteiger partial charge on any atom is -0.376 e. The molecule has 2 aliphatic heterocycles. The summed E-state index contributed by atoms with van der Waals surface area (Å²) < 4.78 is 35.4. The molecular formula is C24H27N3O3S2. The highest BCUT2D eigenvalue weighted by atomic mass is 32.2. The Morgan fingerprint density at radius 2 is 1.75 bits per heavy atom. The smallest absolute Gasteiger partial charge is 0.243 e. The maximum atomic E-state index is 12.9. The summed E-state index contributed by atoms with van der Waals surface area (Å²) in [7, 11) is -3.41. The Hall–Kier alpha value is -2.26. The predicted octanol–water partition coefficient (Wildman–Crippen LogP) is 4.41. The lowest BCUT2D eigenvalue weighted by molar-refractivity contribution is 0.0968. The van der Waals surface area contributed by atoms with Gasteiger partial charge in [-0.1, -0.05) is 30.3 Å². The second-order valence-electron chi connectivity index (χ2n) is 8.23. The SMILES string of the molecule is O=S(=O)(c1ccc(-c2csc(=Nc3ccccc3)n2C[C@@H]2CCCO2)cc1)N1CCCC1. The molecule has 2 aromatic carbocycles. The van der Waals surface area contributed by atoms with Crippen LogP contribution < -0.4 is 4.80 Å². The molecule has 2 saturated heterocycles. The molecule has 0 radical (unpaired) electrons. The van der Waals surface area contributed by atoms with Crippen molar-refractivity contribution in [2.24, 2.45) is 4.99 Å². The molecule has 1 atom stereocenters. The van der Waals surface area contributed by atoms with E-state index in [-0.39, 0.29) is 6.10 Å². The van der Waals surface area contributed by atoms with Crippen LogP contribution in [0.2, 0.25) is 0 Å². The van der Waals surface area contributed by atoms with Crippen molar-refractivity contribution in [1.82, 2.24) is 8.87 Å². The van der Waals surface area contributed by atoms with Crippen molar-refractivity contribution >= 4 is 27.0 Å².